The molecular formula is C18H17N3O5S2. The third-order valence-electron chi connectivity index (χ3n) is 3.79. The number of nitrogens with one attached hydrogen (secondary N) is 1. The highest BCUT2D eigenvalue weighted by atomic mass is 32.2. The first-order chi connectivity index (χ1) is 13.1. The monoisotopic (exact) mass is 419 g/mol. The number of nitrogens with zero attached hydrogens (tertiary/aromatic N) is 1. The van der Waals surface area contributed by atoms with Crippen LogP contribution in [0.1, 0.15) is 11.3 Å². The van der Waals surface area contributed by atoms with Crippen LogP contribution in [-0.2, 0) is 20.0 Å². The summed E-state index contributed by atoms with van der Waals surface area (Å²) in [5, 5.41) is 8.78. The summed E-state index contributed by atoms with van der Waals surface area (Å²) in [6, 6.07) is 15.5. The van der Waals surface area contributed by atoms with Crippen molar-refractivity contribution in [3.8, 4) is 11.3 Å². The van der Waals surface area contributed by atoms with Gasteiger partial charge in [0.15, 0.2) is 0 Å². The van der Waals surface area contributed by atoms with Gasteiger partial charge in [-0.05, 0) is 55.5 Å². The topological polar surface area (TPSA) is 132 Å². The molecule has 8 nitrogen and oxygen atoms in total. The summed E-state index contributed by atoms with van der Waals surface area (Å²) in [4.78, 5) is 2.22. The van der Waals surface area contributed by atoms with E-state index in [0.717, 1.165) is 5.56 Å². The Labute approximate surface area is 162 Å². The van der Waals surface area contributed by atoms with Crippen LogP contribution in [0.25, 0.3) is 11.3 Å². The second kappa shape index (κ2) is 7.58. The van der Waals surface area contributed by atoms with Crippen LogP contribution in [0.15, 0.2) is 80.0 Å². The highest BCUT2D eigenvalue weighted by Crippen LogP contribution is 2.23. The van der Waals surface area contributed by atoms with E-state index in [1.54, 1.807) is 36.4 Å². The van der Waals surface area contributed by atoms with Crippen molar-refractivity contribution >= 4 is 26.3 Å². The molecule has 10 heteroatoms. The lowest BCUT2D eigenvalue weighted by Crippen LogP contribution is -2.18. The smallest absolute Gasteiger partial charge is 0.276 e. The van der Waals surface area contributed by atoms with Crippen LogP contribution in [0.5, 0.6) is 0 Å². The first-order valence-electron chi connectivity index (χ1n) is 8.00. The molecule has 2 aromatic carbocycles. The summed E-state index contributed by atoms with van der Waals surface area (Å²) in [5.74, 6) is 0.779. The maximum absolute atomic E-state index is 12.2. The minimum absolute atomic E-state index is 0.00453. The Morgan fingerprint density at radius 3 is 2.11 bits per heavy atom. The van der Waals surface area contributed by atoms with Gasteiger partial charge in [0.1, 0.15) is 11.5 Å². The minimum atomic E-state index is -3.77. The molecule has 3 aromatic rings. The van der Waals surface area contributed by atoms with Gasteiger partial charge in [-0.25, -0.2) is 13.6 Å². The van der Waals surface area contributed by atoms with Crippen LogP contribution >= 0.6 is 0 Å². The summed E-state index contributed by atoms with van der Waals surface area (Å²) in [5.41, 5.74) is 1.58. The summed E-state index contributed by atoms with van der Waals surface area (Å²) >= 11 is 0. The van der Waals surface area contributed by atoms with E-state index in [0.29, 0.717) is 17.1 Å². The van der Waals surface area contributed by atoms with E-state index >= 15 is 0 Å². The van der Waals surface area contributed by atoms with Crippen LogP contribution in [0.2, 0.25) is 0 Å². The van der Waals surface area contributed by atoms with Gasteiger partial charge in [0.05, 0.1) is 16.0 Å². The lowest BCUT2D eigenvalue weighted by atomic mass is 10.2. The van der Waals surface area contributed by atoms with E-state index in [1.807, 2.05) is 6.92 Å². The number of furan rings is 1. The Balaban J connectivity index is 1.71. The third kappa shape index (κ3) is 4.66. The molecule has 0 atom stereocenters. The van der Waals surface area contributed by atoms with Gasteiger partial charge in [0, 0.05) is 5.56 Å². The molecule has 0 bridgehead atoms. The van der Waals surface area contributed by atoms with Crippen molar-refractivity contribution < 1.29 is 21.3 Å². The first kappa shape index (κ1) is 19.8. The molecule has 0 saturated carbocycles. The van der Waals surface area contributed by atoms with E-state index in [2.05, 4.69) is 9.93 Å². The van der Waals surface area contributed by atoms with Crippen LogP contribution in [0.3, 0.4) is 0 Å². The van der Waals surface area contributed by atoms with Gasteiger partial charge in [-0.2, -0.15) is 18.4 Å². The number of aryl methyl sites for hydroxylation is 1. The van der Waals surface area contributed by atoms with Gasteiger partial charge in [-0.1, -0.05) is 17.7 Å². The van der Waals surface area contributed by atoms with Crippen LogP contribution in [0, 0.1) is 6.92 Å². The Morgan fingerprint density at radius 1 is 0.893 bits per heavy atom. The average molecular weight is 419 g/mol. The molecule has 0 saturated heterocycles. The Morgan fingerprint density at radius 2 is 1.50 bits per heavy atom. The third-order valence-corrected chi connectivity index (χ3v) is 5.96. The molecule has 3 rings (SSSR count). The Hall–Kier alpha value is -2.95. The summed E-state index contributed by atoms with van der Waals surface area (Å²) in [6.07, 6.45) is 1.23. The van der Waals surface area contributed by atoms with Crippen molar-refractivity contribution in [1.29, 1.82) is 0 Å². The highest BCUT2D eigenvalue weighted by Gasteiger charge is 2.12. The molecule has 0 aliphatic rings. The molecule has 0 radical (unpaired) electrons. The maximum Gasteiger partial charge on any atom is 0.276 e. The molecule has 0 aliphatic carbocycles. The van der Waals surface area contributed by atoms with Gasteiger partial charge < -0.3 is 4.42 Å². The number of benzene rings is 2. The number of hydrogen-bond donors (Lipinski definition) is 2. The summed E-state index contributed by atoms with van der Waals surface area (Å²) in [6.45, 7) is 1.86. The van der Waals surface area contributed by atoms with E-state index in [-0.39, 0.29) is 9.79 Å². The lowest BCUT2D eigenvalue weighted by Gasteiger charge is -2.03. The summed E-state index contributed by atoms with van der Waals surface area (Å²) in [7, 11) is -7.53. The number of hydrazone groups is 1. The second-order valence-corrected chi connectivity index (χ2v) is 9.16. The fourth-order valence-electron chi connectivity index (χ4n) is 2.32. The van der Waals surface area contributed by atoms with Gasteiger partial charge in [-0.3, -0.25) is 0 Å². The maximum atomic E-state index is 12.2. The van der Waals surface area contributed by atoms with E-state index < -0.39 is 20.0 Å². The predicted octanol–water partition coefficient (Wildman–Crippen LogP) is 2.21. The number of rotatable bonds is 6. The molecule has 0 amide bonds. The van der Waals surface area contributed by atoms with Crippen molar-refractivity contribution in [3.63, 3.8) is 0 Å². The Kier molecular flexibility index (Phi) is 5.36. The fourth-order valence-corrected chi connectivity index (χ4v) is 3.62. The van der Waals surface area contributed by atoms with Crippen LogP contribution < -0.4 is 9.97 Å². The van der Waals surface area contributed by atoms with Crippen LogP contribution in [0.4, 0.5) is 0 Å². The molecule has 3 N–H and O–H groups in total. The van der Waals surface area contributed by atoms with Gasteiger partial charge in [0.25, 0.3) is 10.0 Å². The first-order valence-corrected chi connectivity index (χ1v) is 11.0. The zero-order chi connectivity index (χ0) is 20.4. The standard InChI is InChI=1S/C18H17N3O5S2/c1-13-2-7-17(8-3-13)28(24,25)21-20-12-15-6-11-18(26-15)14-4-9-16(10-5-14)27(19,22)23/h2-12,21H,1H3,(H2,19,22,23). The summed E-state index contributed by atoms with van der Waals surface area (Å²) < 4.78 is 52.5. The molecule has 0 unspecified atom stereocenters. The second-order valence-electron chi connectivity index (χ2n) is 5.94. The van der Waals surface area contributed by atoms with E-state index in [1.165, 1.54) is 30.5 Å². The van der Waals surface area contributed by atoms with E-state index in [9.17, 15) is 16.8 Å². The molecule has 0 fully saturated rings. The number of nitrogens with two attached hydrogens (primary N) is 1. The molecule has 1 heterocycles. The molecule has 0 spiro atoms. The largest absolute Gasteiger partial charge is 0.455 e. The normalized spacial score (nSPS) is 12.4. The molecular weight excluding hydrogens is 402 g/mol. The fraction of sp³-hybridized carbons (Fsp3) is 0.0556. The quantitative estimate of drug-likeness (QED) is 0.467. The minimum Gasteiger partial charge on any atom is -0.455 e. The van der Waals surface area contributed by atoms with Crippen molar-refractivity contribution in [2.75, 3.05) is 0 Å². The highest BCUT2D eigenvalue weighted by molar-refractivity contribution is 7.89. The van der Waals surface area contributed by atoms with Crippen molar-refractivity contribution in [1.82, 2.24) is 4.83 Å². The van der Waals surface area contributed by atoms with Crippen LogP contribution in [-0.4, -0.2) is 23.1 Å². The van der Waals surface area contributed by atoms with Gasteiger partial charge >= 0.3 is 0 Å². The van der Waals surface area contributed by atoms with Crippen molar-refractivity contribution in [2.24, 2.45) is 10.2 Å². The number of sulfonamides is 2. The number of primary sulfonamides is 1. The lowest BCUT2D eigenvalue weighted by molar-refractivity contribution is 0.573. The van der Waals surface area contributed by atoms with Gasteiger partial charge in [-0.15, -0.1) is 0 Å². The number of hydrogen-bond acceptors (Lipinski definition) is 6. The predicted molar refractivity (Wildman–Crippen MR) is 105 cm³/mol. The SMILES string of the molecule is Cc1ccc(S(=O)(=O)NN=Cc2ccc(-c3ccc(S(N)(=O)=O)cc3)o2)cc1. The zero-order valence-corrected chi connectivity index (χ0v) is 16.4. The average Bonchev–Trinajstić information content (AvgIpc) is 3.10. The zero-order valence-electron chi connectivity index (χ0n) is 14.7. The van der Waals surface area contributed by atoms with Crippen molar-refractivity contribution in [2.45, 2.75) is 16.7 Å². The van der Waals surface area contributed by atoms with E-state index in [4.69, 9.17) is 9.56 Å². The molecule has 146 valence electrons. The Bertz CT molecular complexity index is 1210. The molecule has 28 heavy (non-hydrogen) atoms. The molecule has 0 aliphatic heterocycles. The van der Waals surface area contributed by atoms with Crippen molar-refractivity contribution in [3.05, 3.63) is 72.0 Å². The molecule has 1 aromatic heterocycles. The van der Waals surface area contributed by atoms with Gasteiger partial charge in [0.2, 0.25) is 10.0 Å².